The van der Waals surface area contributed by atoms with E-state index in [-0.39, 0.29) is 30.0 Å². The molecule has 0 aliphatic carbocycles. The van der Waals surface area contributed by atoms with Crippen LogP contribution in [0.25, 0.3) is 0 Å². The van der Waals surface area contributed by atoms with Crippen molar-refractivity contribution in [3.63, 3.8) is 0 Å². The average Bonchev–Trinajstić information content (AvgIpc) is 2.39. The van der Waals surface area contributed by atoms with Crippen LogP contribution in [0.4, 0.5) is 0 Å². The molecule has 21 heavy (non-hydrogen) atoms. The quantitative estimate of drug-likeness (QED) is 0.415. The zero-order chi connectivity index (χ0) is 16.0. The Hall–Kier alpha value is 0.263. The first-order valence-electron chi connectivity index (χ1n) is 7.01. The second kappa shape index (κ2) is 18.3. The van der Waals surface area contributed by atoms with Crippen molar-refractivity contribution in [2.24, 2.45) is 0 Å². The fourth-order valence-corrected chi connectivity index (χ4v) is 2.83. The van der Waals surface area contributed by atoms with Crippen LogP contribution in [0, 0.1) is 0 Å². The molecule has 0 saturated heterocycles. The van der Waals surface area contributed by atoms with E-state index in [1.165, 1.54) is 23.5 Å². The molecule has 0 fully saturated rings. The number of hydrogen-bond donors (Lipinski definition) is 0. The molecular weight excluding hydrogens is 362 g/mol. The van der Waals surface area contributed by atoms with Crippen molar-refractivity contribution < 1.29 is 39.3 Å². The summed E-state index contributed by atoms with van der Waals surface area (Å²) in [5.74, 6) is -0.0701. The number of hydrogen-bond acceptors (Lipinski definition) is 6. The fourth-order valence-electron chi connectivity index (χ4n) is 0.945. The number of thioether (sulfide) groups is 2. The Balaban J connectivity index is -0.000000295. The maximum atomic E-state index is 10.2. The molecule has 7 heteroatoms. The van der Waals surface area contributed by atoms with Crippen molar-refractivity contribution in [1.82, 2.24) is 0 Å². The smallest absolute Gasteiger partial charge is 0.549 e. The predicted octanol–water partition coefficient (Wildman–Crippen LogP) is 1.31. The van der Waals surface area contributed by atoms with Gasteiger partial charge in [-0.25, -0.2) is 0 Å². The number of carbonyl (C=O) groups excluding carboxylic acids is 2. The molecule has 2 atom stereocenters. The third-order valence-electron chi connectivity index (χ3n) is 2.40. The van der Waals surface area contributed by atoms with Gasteiger partial charge in [0, 0.05) is 10.5 Å². The second-order valence-corrected chi connectivity index (χ2v) is 7.27. The second-order valence-electron chi connectivity index (χ2n) is 4.37. The van der Waals surface area contributed by atoms with E-state index in [1.807, 2.05) is 0 Å². The van der Waals surface area contributed by atoms with Crippen LogP contribution in [-0.2, 0) is 29.1 Å². The summed E-state index contributed by atoms with van der Waals surface area (Å²) in [5.41, 5.74) is 0. The van der Waals surface area contributed by atoms with E-state index in [0.717, 1.165) is 37.2 Å². The van der Waals surface area contributed by atoms with Crippen LogP contribution in [0.5, 0.6) is 0 Å². The van der Waals surface area contributed by atoms with Crippen molar-refractivity contribution >= 4 is 35.5 Å². The monoisotopic (exact) mass is 386 g/mol. The Kier molecular flexibility index (Phi) is 22.8. The fraction of sp³-hybridized carbons (Fsp3) is 0.857. The third kappa shape index (κ3) is 20.3. The molecule has 0 rings (SSSR count). The van der Waals surface area contributed by atoms with Gasteiger partial charge in [0.15, 0.2) is 0 Å². The van der Waals surface area contributed by atoms with Gasteiger partial charge in [0.25, 0.3) is 0 Å². The topological polar surface area (TPSA) is 80.3 Å². The van der Waals surface area contributed by atoms with Crippen LogP contribution in [0.1, 0.15) is 53.4 Å². The van der Waals surface area contributed by atoms with E-state index in [9.17, 15) is 19.8 Å². The standard InChI is InChI=1S/2C7H14O2S.Zn/c2*1-3-4-5-10-6(2)7(8)9;/h2*6H,3-5H2,1-2H3,(H,8,9);/q;;+2/p-2. The minimum atomic E-state index is -0.957. The van der Waals surface area contributed by atoms with Gasteiger partial charge in [-0.3, -0.25) is 0 Å². The van der Waals surface area contributed by atoms with Gasteiger partial charge in [-0.1, -0.05) is 26.7 Å². The van der Waals surface area contributed by atoms with Crippen LogP contribution >= 0.6 is 23.5 Å². The Morgan fingerprint density at radius 3 is 1.33 bits per heavy atom. The third-order valence-corrected chi connectivity index (χ3v) is 4.83. The number of aliphatic carboxylic acids is 2. The van der Waals surface area contributed by atoms with E-state index in [1.54, 1.807) is 13.8 Å². The molecule has 0 aliphatic rings. The van der Waals surface area contributed by atoms with Gasteiger partial charge in [0.2, 0.25) is 0 Å². The Morgan fingerprint density at radius 1 is 0.857 bits per heavy atom. The van der Waals surface area contributed by atoms with E-state index in [0.29, 0.717) is 0 Å². The van der Waals surface area contributed by atoms with Crippen LogP contribution in [0.2, 0.25) is 0 Å². The van der Waals surface area contributed by atoms with Crippen molar-refractivity contribution in [2.75, 3.05) is 11.5 Å². The minimum absolute atomic E-state index is 0. The number of carbonyl (C=O) groups is 2. The van der Waals surface area contributed by atoms with Gasteiger partial charge in [-0.05, 0) is 38.2 Å². The first-order chi connectivity index (χ1) is 9.36. The molecule has 0 amide bonds. The Morgan fingerprint density at radius 2 is 1.14 bits per heavy atom. The van der Waals surface area contributed by atoms with Gasteiger partial charge in [0.1, 0.15) is 0 Å². The molecule has 0 radical (unpaired) electrons. The van der Waals surface area contributed by atoms with Crippen LogP contribution < -0.4 is 10.2 Å². The minimum Gasteiger partial charge on any atom is -0.549 e. The van der Waals surface area contributed by atoms with E-state index < -0.39 is 11.9 Å². The van der Waals surface area contributed by atoms with Crippen molar-refractivity contribution in [3.8, 4) is 0 Å². The summed E-state index contributed by atoms with van der Waals surface area (Å²) in [6, 6.07) is 0. The van der Waals surface area contributed by atoms with Gasteiger partial charge in [-0.2, -0.15) is 23.5 Å². The Bertz CT molecular complexity index is 239. The van der Waals surface area contributed by atoms with E-state index in [2.05, 4.69) is 13.8 Å². The molecule has 0 saturated carbocycles. The molecule has 0 aromatic carbocycles. The van der Waals surface area contributed by atoms with Crippen LogP contribution in [-0.4, -0.2) is 33.9 Å². The summed E-state index contributed by atoms with van der Waals surface area (Å²) in [6.07, 6.45) is 4.41. The molecule has 4 nitrogen and oxygen atoms in total. The molecule has 0 spiro atoms. The van der Waals surface area contributed by atoms with Gasteiger partial charge < -0.3 is 19.8 Å². The Labute approximate surface area is 150 Å². The molecule has 0 aliphatic heterocycles. The van der Waals surface area contributed by atoms with Crippen LogP contribution in [0.3, 0.4) is 0 Å². The summed E-state index contributed by atoms with van der Waals surface area (Å²) in [7, 11) is 0. The number of rotatable bonds is 10. The van der Waals surface area contributed by atoms with Gasteiger partial charge in [0.05, 0.1) is 11.9 Å². The maximum absolute atomic E-state index is 10.2. The molecular formula is C14H26O4S2Zn. The normalized spacial score (nSPS) is 12.4. The van der Waals surface area contributed by atoms with Gasteiger partial charge in [-0.15, -0.1) is 0 Å². The molecule has 0 N–H and O–H groups in total. The van der Waals surface area contributed by atoms with E-state index >= 15 is 0 Å². The predicted molar refractivity (Wildman–Crippen MR) is 83.7 cm³/mol. The molecule has 0 aromatic rings. The number of unbranched alkanes of at least 4 members (excludes halogenated alkanes) is 2. The summed E-state index contributed by atoms with van der Waals surface area (Å²) in [6.45, 7) is 7.50. The summed E-state index contributed by atoms with van der Waals surface area (Å²) < 4.78 is 0. The zero-order valence-electron chi connectivity index (χ0n) is 13.6. The summed E-state index contributed by atoms with van der Waals surface area (Å²) in [4.78, 5) is 20.3. The van der Waals surface area contributed by atoms with E-state index in [4.69, 9.17) is 0 Å². The SMILES string of the molecule is CCCCSC(C)C(=O)[O-].CCCCSC(C)C(=O)[O-].[Zn+2]. The molecule has 0 bridgehead atoms. The largest absolute Gasteiger partial charge is 2.00 e. The van der Waals surface area contributed by atoms with Crippen LogP contribution in [0.15, 0.2) is 0 Å². The molecule has 0 heterocycles. The average molecular weight is 388 g/mol. The van der Waals surface area contributed by atoms with Crippen molar-refractivity contribution in [2.45, 2.75) is 63.9 Å². The summed E-state index contributed by atoms with van der Waals surface area (Å²) >= 11 is 2.89. The van der Waals surface area contributed by atoms with Gasteiger partial charge >= 0.3 is 19.5 Å². The molecule has 0 aromatic heterocycles. The zero-order valence-corrected chi connectivity index (χ0v) is 18.2. The van der Waals surface area contributed by atoms with Crippen molar-refractivity contribution in [1.29, 1.82) is 0 Å². The van der Waals surface area contributed by atoms with Crippen molar-refractivity contribution in [3.05, 3.63) is 0 Å². The molecule has 120 valence electrons. The first kappa shape index (κ1) is 26.2. The maximum Gasteiger partial charge on any atom is 2.00 e. The summed E-state index contributed by atoms with van der Waals surface area (Å²) in [5, 5.41) is 19.6. The number of carboxylic acids is 2. The first-order valence-corrected chi connectivity index (χ1v) is 9.11. The molecule has 2 unspecified atom stereocenters. The number of carboxylic acid groups (broad SMARTS) is 2.